The Bertz CT molecular complexity index is 586. The highest BCUT2D eigenvalue weighted by Crippen LogP contribution is 2.11. The molecule has 0 spiro atoms. The van der Waals surface area contributed by atoms with Crippen molar-refractivity contribution in [2.45, 2.75) is 20.4 Å². The van der Waals surface area contributed by atoms with Gasteiger partial charge in [-0.25, -0.2) is 4.98 Å². The Morgan fingerprint density at radius 1 is 1.30 bits per heavy atom. The molecule has 2 rings (SSSR count). The topological polar surface area (TPSA) is 59.0 Å². The molecule has 1 aromatic carbocycles. The van der Waals surface area contributed by atoms with E-state index in [0.717, 1.165) is 17.2 Å². The van der Waals surface area contributed by atoms with Gasteiger partial charge >= 0.3 is 0 Å². The summed E-state index contributed by atoms with van der Waals surface area (Å²) in [6, 6.07) is 7.44. The molecule has 0 bridgehead atoms. The van der Waals surface area contributed by atoms with Gasteiger partial charge in [-0.3, -0.25) is 4.79 Å². The van der Waals surface area contributed by atoms with Gasteiger partial charge in [0.25, 0.3) is 5.91 Å². The number of carbonyl (C=O) groups is 1. The first kappa shape index (κ1) is 14.1. The molecule has 0 radical (unpaired) electrons. The number of carbonyl (C=O) groups excluding carboxylic acids is 1. The van der Waals surface area contributed by atoms with Crippen molar-refractivity contribution >= 4 is 11.6 Å². The van der Waals surface area contributed by atoms with E-state index in [1.807, 2.05) is 51.4 Å². The van der Waals surface area contributed by atoms with E-state index in [4.69, 9.17) is 0 Å². The molecule has 0 saturated carbocycles. The van der Waals surface area contributed by atoms with Crippen LogP contribution in [0.1, 0.15) is 28.8 Å². The van der Waals surface area contributed by atoms with Gasteiger partial charge in [-0.05, 0) is 38.1 Å². The van der Waals surface area contributed by atoms with Crippen LogP contribution in [-0.4, -0.2) is 22.0 Å². The summed E-state index contributed by atoms with van der Waals surface area (Å²) in [6.45, 7) is 5.22. The minimum atomic E-state index is -0.0428. The molecule has 1 amide bonds. The fourth-order valence-corrected chi connectivity index (χ4v) is 1.89. The van der Waals surface area contributed by atoms with Gasteiger partial charge in [0.05, 0.1) is 6.54 Å². The zero-order valence-corrected chi connectivity index (χ0v) is 12.1. The lowest BCUT2D eigenvalue weighted by Gasteiger charge is -2.08. The summed E-state index contributed by atoms with van der Waals surface area (Å²) in [6.07, 6.45) is 1.86. The van der Waals surface area contributed by atoms with Gasteiger partial charge in [0.15, 0.2) is 0 Å². The second-order valence-electron chi connectivity index (χ2n) is 4.67. The number of hydrogen-bond donors (Lipinski definition) is 2. The van der Waals surface area contributed by atoms with Crippen LogP contribution in [0, 0.1) is 6.92 Å². The normalized spacial score (nSPS) is 10.3. The summed E-state index contributed by atoms with van der Waals surface area (Å²) in [5.74, 6) is 0.939. The average molecular weight is 272 g/mol. The van der Waals surface area contributed by atoms with Crippen LogP contribution in [0.4, 0.5) is 5.69 Å². The number of benzene rings is 1. The highest BCUT2D eigenvalue weighted by molar-refractivity contribution is 5.94. The zero-order chi connectivity index (χ0) is 14.5. The van der Waals surface area contributed by atoms with Crippen molar-refractivity contribution in [2.75, 3.05) is 11.9 Å². The van der Waals surface area contributed by atoms with Crippen molar-refractivity contribution in [1.82, 2.24) is 14.9 Å². The highest BCUT2D eigenvalue weighted by Gasteiger charge is 2.05. The van der Waals surface area contributed by atoms with Crippen LogP contribution in [0.25, 0.3) is 0 Å². The molecule has 5 nitrogen and oxygen atoms in total. The maximum atomic E-state index is 11.6. The average Bonchev–Trinajstić information content (AvgIpc) is 2.77. The Hall–Kier alpha value is -2.30. The van der Waals surface area contributed by atoms with E-state index in [1.54, 1.807) is 0 Å². The van der Waals surface area contributed by atoms with Crippen molar-refractivity contribution in [3.8, 4) is 0 Å². The number of anilines is 1. The molecule has 1 aromatic heterocycles. The summed E-state index contributed by atoms with van der Waals surface area (Å²) in [5, 5.41) is 6.07. The first-order chi connectivity index (χ1) is 9.61. The Labute approximate surface area is 119 Å². The van der Waals surface area contributed by atoms with E-state index in [2.05, 4.69) is 20.2 Å². The SMILES string of the molecule is CCNC(=O)c1ccc(NCc2ncc(C)n2C)cc1. The third-order valence-electron chi connectivity index (χ3n) is 3.25. The highest BCUT2D eigenvalue weighted by atomic mass is 16.1. The number of aryl methyl sites for hydroxylation is 1. The van der Waals surface area contributed by atoms with Gasteiger partial charge in [-0.1, -0.05) is 0 Å². The molecule has 1 heterocycles. The Kier molecular flexibility index (Phi) is 4.40. The third kappa shape index (κ3) is 3.17. The lowest BCUT2D eigenvalue weighted by molar-refractivity contribution is 0.0956. The number of imidazole rings is 1. The second kappa shape index (κ2) is 6.23. The number of rotatable bonds is 5. The second-order valence-corrected chi connectivity index (χ2v) is 4.67. The number of aromatic nitrogens is 2. The number of nitrogens with one attached hydrogen (secondary N) is 2. The fraction of sp³-hybridized carbons (Fsp3) is 0.333. The quantitative estimate of drug-likeness (QED) is 0.876. The van der Waals surface area contributed by atoms with E-state index in [1.165, 1.54) is 0 Å². The fourth-order valence-electron chi connectivity index (χ4n) is 1.89. The molecule has 0 aliphatic carbocycles. The molecule has 5 heteroatoms. The van der Waals surface area contributed by atoms with Crippen LogP contribution in [0.2, 0.25) is 0 Å². The van der Waals surface area contributed by atoms with Gasteiger partial charge in [0.2, 0.25) is 0 Å². The van der Waals surface area contributed by atoms with Crippen LogP contribution < -0.4 is 10.6 Å². The van der Waals surface area contributed by atoms with Gasteiger partial charge in [0, 0.05) is 36.7 Å². The van der Waals surface area contributed by atoms with Crippen molar-refractivity contribution in [3.05, 3.63) is 47.5 Å². The van der Waals surface area contributed by atoms with Gasteiger partial charge in [-0.2, -0.15) is 0 Å². The van der Waals surface area contributed by atoms with Gasteiger partial charge in [0.1, 0.15) is 5.82 Å². The van der Waals surface area contributed by atoms with Gasteiger partial charge in [-0.15, -0.1) is 0 Å². The molecule has 0 fully saturated rings. The predicted octanol–water partition coefficient (Wildman–Crippen LogP) is 2.09. The summed E-state index contributed by atoms with van der Waals surface area (Å²) in [5.41, 5.74) is 2.78. The minimum Gasteiger partial charge on any atom is -0.378 e. The standard InChI is InChI=1S/C15H20N4O/c1-4-16-15(20)12-5-7-13(8-6-12)17-10-14-18-9-11(2)19(14)3/h5-9,17H,4,10H2,1-3H3,(H,16,20). The molecule has 0 aliphatic heterocycles. The molecule has 0 unspecified atom stereocenters. The van der Waals surface area contributed by atoms with Crippen LogP contribution in [0.15, 0.2) is 30.5 Å². The predicted molar refractivity (Wildman–Crippen MR) is 79.7 cm³/mol. The molecular weight excluding hydrogens is 252 g/mol. The summed E-state index contributed by atoms with van der Waals surface area (Å²) >= 11 is 0. The Morgan fingerprint density at radius 3 is 2.55 bits per heavy atom. The minimum absolute atomic E-state index is 0.0428. The molecular formula is C15H20N4O. The number of nitrogens with zero attached hydrogens (tertiary/aromatic N) is 2. The first-order valence-corrected chi connectivity index (χ1v) is 6.71. The molecule has 106 valence electrons. The van der Waals surface area contributed by atoms with Crippen LogP contribution in [-0.2, 0) is 13.6 Å². The molecule has 20 heavy (non-hydrogen) atoms. The number of hydrogen-bond acceptors (Lipinski definition) is 3. The van der Waals surface area contributed by atoms with Crippen molar-refractivity contribution in [2.24, 2.45) is 7.05 Å². The van der Waals surface area contributed by atoms with Crippen LogP contribution >= 0.6 is 0 Å². The maximum Gasteiger partial charge on any atom is 0.251 e. The summed E-state index contributed by atoms with van der Waals surface area (Å²) < 4.78 is 2.05. The first-order valence-electron chi connectivity index (χ1n) is 6.71. The van der Waals surface area contributed by atoms with E-state index >= 15 is 0 Å². The summed E-state index contributed by atoms with van der Waals surface area (Å²) in [4.78, 5) is 16.0. The third-order valence-corrected chi connectivity index (χ3v) is 3.25. The van der Waals surface area contributed by atoms with E-state index < -0.39 is 0 Å². The smallest absolute Gasteiger partial charge is 0.251 e. The van der Waals surface area contributed by atoms with Crippen LogP contribution in [0.5, 0.6) is 0 Å². The van der Waals surface area contributed by atoms with Crippen molar-refractivity contribution < 1.29 is 4.79 Å². The van der Waals surface area contributed by atoms with Gasteiger partial charge < -0.3 is 15.2 Å². The van der Waals surface area contributed by atoms with E-state index in [9.17, 15) is 4.79 Å². The Balaban J connectivity index is 1.97. The van der Waals surface area contributed by atoms with Crippen LogP contribution in [0.3, 0.4) is 0 Å². The molecule has 0 atom stereocenters. The molecule has 2 aromatic rings. The largest absolute Gasteiger partial charge is 0.378 e. The van der Waals surface area contributed by atoms with E-state index in [-0.39, 0.29) is 5.91 Å². The number of amides is 1. The van der Waals surface area contributed by atoms with E-state index in [0.29, 0.717) is 18.7 Å². The lowest BCUT2D eigenvalue weighted by atomic mass is 10.2. The Morgan fingerprint density at radius 2 is 2.00 bits per heavy atom. The maximum absolute atomic E-state index is 11.6. The molecule has 0 saturated heterocycles. The molecule has 0 aliphatic rings. The lowest BCUT2D eigenvalue weighted by Crippen LogP contribution is -2.22. The summed E-state index contributed by atoms with van der Waals surface area (Å²) in [7, 11) is 2.00. The molecule has 2 N–H and O–H groups in total. The zero-order valence-electron chi connectivity index (χ0n) is 12.1. The van der Waals surface area contributed by atoms with Crippen molar-refractivity contribution in [3.63, 3.8) is 0 Å². The monoisotopic (exact) mass is 272 g/mol. The van der Waals surface area contributed by atoms with Crippen molar-refractivity contribution in [1.29, 1.82) is 0 Å².